The fourth-order valence-electron chi connectivity index (χ4n) is 1.55. The van der Waals surface area contributed by atoms with Crippen LogP contribution in [0.1, 0.15) is 5.56 Å². The minimum atomic E-state index is -0.890. The molecule has 0 atom stereocenters. The van der Waals surface area contributed by atoms with Gasteiger partial charge >= 0.3 is 12.1 Å². The SMILES string of the molecule is O=C(CNC(=O)OCc1ccccc1)On1c(O)ccc1O. The summed E-state index contributed by atoms with van der Waals surface area (Å²) in [5.74, 6) is -1.78. The van der Waals surface area contributed by atoms with E-state index in [1.165, 1.54) is 0 Å². The van der Waals surface area contributed by atoms with Crippen LogP contribution in [-0.2, 0) is 16.1 Å². The average Bonchev–Trinajstić information content (AvgIpc) is 2.84. The first kappa shape index (κ1) is 15.2. The highest BCUT2D eigenvalue weighted by atomic mass is 16.7. The zero-order valence-electron chi connectivity index (χ0n) is 11.4. The maximum Gasteiger partial charge on any atom is 0.407 e. The van der Waals surface area contributed by atoms with Crippen LogP contribution in [0.3, 0.4) is 0 Å². The van der Waals surface area contributed by atoms with Gasteiger partial charge in [-0.05, 0) is 5.56 Å². The molecule has 1 heterocycles. The van der Waals surface area contributed by atoms with Gasteiger partial charge in [-0.2, -0.15) is 0 Å². The molecular weight excluding hydrogens is 292 g/mol. The number of benzene rings is 1. The summed E-state index contributed by atoms with van der Waals surface area (Å²) in [6.07, 6.45) is -0.790. The molecule has 0 aliphatic rings. The Kier molecular flexibility index (Phi) is 4.86. The summed E-state index contributed by atoms with van der Waals surface area (Å²) in [6.45, 7) is -0.411. The monoisotopic (exact) mass is 306 g/mol. The van der Waals surface area contributed by atoms with Crippen LogP contribution in [0.2, 0.25) is 0 Å². The molecule has 2 aromatic rings. The molecule has 116 valence electrons. The second-order valence-corrected chi connectivity index (χ2v) is 4.22. The first-order valence-electron chi connectivity index (χ1n) is 6.31. The van der Waals surface area contributed by atoms with Gasteiger partial charge in [0.1, 0.15) is 13.2 Å². The van der Waals surface area contributed by atoms with E-state index in [4.69, 9.17) is 4.74 Å². The second kappa shape index (κ2) is 7.02. The molecule has 0 aliphatic heterocycles. The predicted molar refractivity (Wildman–Crippen MR) is 74.0 cm³/mol. The fraction of sp³-hybridized carbons (Fsp3) is 0.143. The summed E-state index contributed by atoms with van der Waals surface area (Å²) in [5.41, 5.74) is 0.808. The van der Waals surface area contributed by atoms with E-state index in [9.17, 15) is 19.8 Å². The Hall–Kier alpha value is -3.16. The van der Waals surface area contributed by atoms with Crippen LogP contribution in [0.15, 0.2) is 42.5 Å². The molecule has 8 nitrogen and oxygen atoms in total. The van der Waals surface area contributed by atoms with Gasteiger partial charge in [0.2, 0.25) is 11.8 Å². The van der Waals surface area contributed by atoms with Crippen molar-refractivity contribution in [1.82, 2.24) is 10.0 Å². The topological polar surface area (TPSA) is 110 Å². The van der Waals surface area contributed by atoms with E-state index in [0.717, 1.165) is 17.7 Å². The molecule has 2 rings (SSSR count). The third-order valence-corrected chi connectivity index (χ3v) is 2.58. The summed E-state index contributed by atoms with van der Waals surface area (Å²) in [5, 5.41) is 20.8. The first-order valence-corrected chi connectivity index (χ1v) is 6.31. The molecule has 8 heteroatoms. The Labute approximate surface area is 125 Å². The minimum absolute atomic E-state index is 0.0703. The molecule has 3 N–H and O–H groups in total. The number of aromatic hydroxyl groups is 2. The second-order valence-electron chi connectivity index (χ2n) is 4.22. The van der Waals surface area contributed by atoms with E-state index in [2.05, 4.69) is 10.2 Å². The highest BCUT2D eigenvalue weighted by molar-refractivity contribution is 5.78. The lowest BCUT2D eigenvalue weighted by Crippen LogP contribution is -2.34. The average molecular weight is 306 g/mol. The minimum Gasteiger partial charge on any atom is -0.492 e. The lowest BCUT2D eigenvalue weighted by molar-refractivity contribution is -0.144. The summed E-state index contributed by atoms with van der Waals surface area (Å²) in [7, 11) is 0. The Balaban J connectivity index is 1.73. The molecule has 0 fully saturated rings. The van der Waals surface area contributed by atoms with Crippen molar-refractivity contribution < 1.29 is 29.4 Å². The van der Waals surface area contributed by atoms with Gasteiger partial charge in [0.05, 0.1) is 0 Å². The zero-order valence-corrected chi connectivity index (χ0v) is 11.4. The number of amides is 1. The predicted octanol–water partition coefficient (Wildman–Crippen LogP) is 0.781. The van der Waals surface area contributed by atoms with Crippen LogP contribution < -0.4 is 10.2 Å². The van der Waals surface area contributed by atoms with Crippen molar-refractivity contribution in [2.75, 3.05) is 6.54 Å². The van der Waals surface area contributed by atoms with Gasteiger partial charge in [-0.25, -0.2) is 9.59 Å². The third kappa shape index (κ3) is 4.17. The van der Waals surface area contributed by atoms with Gasteiger partial charge < -0.3 is 25.1 Å². The van der Waals surface area contributed by atoms with Gasteiger partial charge in [0.25, 0.3) is 0 Å². The van der Waals surface area contributed by atoms with Crippen molar-refractivity contribution in [3.8, 4) is 11.8 Å². The number of alkyl carbamates (subject to hydrolysis) is 1. The van der Waals surface area contributed by atoms with Gasteiger partial charge in [-0.15, -0.1) is 4.73 Å². The van der Waals surface area contributed by atoms with Crippen LogP contribution >= 0.6 is 0 Å². The van der Waals surface area contributed by atoms with Crippen molar-refractivity contribution in [2.45, 2.75) is 6.61 Å². The Morgan fingerprint density at radius 3 is 2.32 bits per heavy atom. The number of rotatable bonds is 5. The number of aromatic nitrogens is 1. The highest BCUT2D eigenvalue weighted by Gasteiger charge is 2.13. The van der Waals surface area contributed by atoms with Gasteiger partial charge in [0.15, 0.2) is 0 Å². The molecule has 1 amide bonds. The molecule has 0 saturated heterocycles. The van der Waals surface area contributed by atoms with Crippen LogP contribution in [0, 0.1) is 0 Å². The number of carbonyl (C=O) groups excluding carboxylic acids is 2. The molecule has 0 spiro atoms. The molecular formula is C14H14N2O6. The first-order chi connectivity index (χ1) is 10.6. The van der Waals surface area contributed by atoms with Crippen LogP contribution in [-0.4, -0.2) is 33.6 Å². The van der Waals surface area contributed by atoms with E-state index in [1.54, 1.807) is 12.1 Å². The lowest BCUT2D eigenvalue weighted by atomic mass is 10.2. The Morgan fingerprint density at radius 1 is 1.05 bits per heavy atom. The smallest absolute Gasteiger partial charge is 0.407 e. The molecule has 1 aromatic carbocycles. The normalized spacial score (nSPS) is 10.0. The van der Waals surface area contributed by atoms with E-state index in [-0.39, 0.29) is 6.61 Å². The number of hydrogen-bond donors (Lipinski definition) is 3. The quantitative estimate of drug-likeness (QED) is 0.753. The summed E-state index contributed by atoms with van der Waals surface area (Å²) in [4.78, 5) is 27.5. The number of hydrogen-bond acceptors (Lipinski definition) is 6. The van der Waals surface area contributed by atoms with Crippen LogP contribution in [0.4, 0.5) is 4.79 Å². The fourth-order valence-corrected chi connectivity index (χ4v) is 1.55. The number of carbonyl (C=O) groups is 2. The van der Waals surface area contributed by atoms with Crippen LogP contribution in [0.5, 0.6) is 11.8 Å². The van der Waals surface area contributed by atoms with Crippen molar-refractivity contribution in [3.63, 3.8) is 0 Å². The molecule has 0 saturated carbocycles. The van der Waals surface area contributed by atoms with Gasteiger partial charge in [0, 0.05) is 12.1 Å². The van der Waals surface area contributed by atoms with Crippen molar-refractivity contribution >= 4 is 12.1 Å². The van der Waals surface area contributed by atoms with Gasteiger partial charge in [-0.3, -0.25) is 0 Å². The third-order valence-electron chi connectivity index (χ3n) is 2.58. The van der Waals surface area contributed by atoms with Gasteiger partial charge in [-0.1, -0.05) is 30.3 Å². The molecule has 1 aromatic heterocycles. The molecule has 22 heavy (non-hydrogen) atoms. The molecule has 0 radical (unpaired) electrons. The van der Waals surface area contributed by atoms with E-state index < -0.39 is 30.4 Å². The van der Waals surface area contributed by atoms with Crippen LogP contribution in [0.25, 0.3) is 0 Å². The maximum atomic E-state index is 11.5. The highest BCUT2D eigenvalue weighted by Crippen LogP contribution is 2.18. The molecule has 0 bridgehead atoms. The zero-order chi connectivity index (χ0) is 15.9. The maximum absolute atomic E-state index is 11.5. The number of ether oxygens (including phenoxy) is 1. The Bertz CT molecular complexity index is 633. The largest absolute Gasteiger partial charge is 0.492 e. The van der Waals surface area contributed by atoms with E-state index >= 15 is 0 Å². The van der Waals surface area contributed by atoms with E-state index in [1.807, 2.05) is 18.2 Å². The number of nitrogens with zero attached hydrogens (tertiary/aromatic N) is 1. The summed E-state index contributed by atoms with van der Waals surface area (Å²) >= 11 is 0. The summed E-state index contributed by atoms with van der Waals surface area (Å²) < 4.78 is 5.42. The lowest BCUT2D eigenvalue weighted by Gasteiger charge is -2.08. The summed E-state index contributed by atoms with van der Waals surface area (Å²) in [6, 6.07) is 11.3. The molecule has 0 unspecified atom stereocenters. The van der Waals surface area contributed by atoms with Crippen molar-refractivity contribution in [2.24, 2.45) is 0 Å². The van der Waals surface area contributed by atoms with Crippen molar-refractivity contribution in [1.29, 1.82) is 0 Å². The number of nitrogens with one attached hydrogen (secondary N) is 1. The molecule has 0 aliphatic carbocycles. The van der Waals surface area contributed by atoms with Crippen molar-refractivity contribution in [3.05, 3.63) is 48.0 Å². The Morgan fingerprint density at radius 2 is 1.68 bits per heavy atom. The standard InChI is InChI=1S/C14H14N2O6/c17-11-6-7-12(18)16(11)22-13(19)8-15-14(20)21-9-10-4-2-1-3-5-10/h1-7,17-18H,8-9H2,(H,15,20). The van der Waals surface area contributed by atoms with E-state index in [0.29, 0.717) is 4.73 Å².